The summed E-state index contributed by atoms with van der Waals surface area (Å²) in [5.41, 5.74) is 0.710. The van der Waals surface area contributed by atoms with Gasteiger partial charge in [-0.3, -0.25) is 0 Å². The fraction of sp³-hybridized carbons (Fsp3) is 0.562. The number of hydrogen-bond acceptors (Lipinski definition) is 3. The second-order valence-corrected chi connectivity index (χ2v) is 6.72. The highest BCUT2D eigenvalue weighted by molar-refractivity contribution is 9.10. The molecule has 1 aromatic rings. The summed E-state index contributed by atoms with van der Waals surface area (Å²) in [7, 11) is 8.21. The van der Waals surface area contributed by atoms with Gasteiger partial charge >= 0.3 is 0 Å². The second kappa shape index (κ2) is 7.78. The monoisotopic (exact) mass is 337 g/mol. The SMILES string of the molecule is CN(C)CCC(C#N)(CCN(C)C)c1ccc(Br)cc1. The van der Waals surface area contributed by atoms with E-state index in [1.54, 1.807) is 0 Å². The van der Waals surface area contributed by atoms with Gasteiger partial charge in [0.05, 0.1) is 11.5 Å². The van der Waals surface area contributed by atoms with E-state index in [0.29, 0.717) is 0 Å². The van der Waals surface area contributed by atoms with Gasteiger partial charge in [-0.05, 0) is 71.8 Å². The number of halogens is 1. The van der Waals surface area contributed by atoms with E-state index in [-0.39, 0.29) is 0 Å². The number of nitriles is 1. The zero-order valence-corrected chi connectivity index (χ0v) is 14.4. The first-order valence-corrected chi connectivity index (χ1v) is 7.66. The first-order chi connectivity index (χ1) is 9.39. The summed E-state index contributed by atoms with van der Waals surface area (Å²) in [4.78, 5) is 4.28. The molecule has 0 N–H and O–H groups in total. The van der Waals surface area contributed by atoms with Gasteiger partial charge in [-0.15, -0.1) is 0 Å². The van der Waals surface area contributed by atoms with Gasteiger partial charge < -0.3 is 9.80 Å². The average molecular weight is 338 g/mol. The summed E-state index contributed by atoms with van der Waals surface area (Å²) in [6, 6.07) is 10.8. The summed E-state index contributed by atoms with van der Waals surface area (Å²) in [6.07, 6.45) is 1.71. The molecule has 0 saturated heterocycles. The fourth-order valence-corrected chi connectivity index (χ4v) is 2.45. The van der Waals surface area contributed by atoms with Gasteiger partial charge in [0, 0.05) is 4.47 Å². The van der Waals surface area contributed by atoms with Crippen molar-refractivity contribution in [3.63, 3.8) is 0 Å². The quantitative estimate of drug-likeness (QED) is 0.765. The molecule has 0 radical (unpaired) electrons. The van der Waals surface area contributed by atoms with E-state index < -0.39 is 5.41 Å². The highest BCUT2D eigenvalue weighted by Gasteiger charge is 2.32. The van der Waals surface area contributed by atoms with Gasteiger partial charge in [-0.1, -0.05) is 28.1 Å². The van der Waals surface area contributed by atoms with Crippen molar-refractivity contribution in [1.29, 1.82) is 5.26 Å². The summed E-state index contributed by atoms with van der Waals surface area (Å²) >= 11 is 3.46. The maximum atomic E-state index is 9.83. The van der Waals surface area contributed by atoms with Crippen LogP contribution < -0.4 is 0 Å². The zero-order chi connectivity index (χ0) is 15.2. The van der Waals surface area contributed by atoms with E-state index >= 15 is 0 Å². The Morgan fingerprint density at radius 3 is 1.80 bits per heavy atom. The first kappa shape index (κ1) is 17.2. The van der Waals surface area contributed by atoms with Crippen molar-refractivity contribution in [3.8, 4) is 6.07 Å². The Morgan fingerprint density at radius 2 is 1.45 bits per heavy atom. The molecule has 0 spiro atoms. The standard InChI is InChI=1S/C16H24BrN3/c1-19(2)11-9-16(13-18,10-12-20(3)4)14-5-7-15(17)8-6-14/h5-8H,9-12H2,1-4H3. The highest BCUT2D eigenvalue weighted by atomic mass is 79.9. The van der Waals surface area contributed by atoms with Crippen LogP contribution in [-0.4, -0.2) is 51.1 Å². The Balaban J connectivity index is 3.03. The van der Waals surface area contributed by atoms with Crippen LogP contribution in [0.5, 0.6) is 0 Å². The lowest BCUT2D eigenvalue weighted by molar-refractivity contribution is 0.307. The number of rotatable bonds is 7. The topological polar surface area (TPSA) is 30.3 Å². The third-order valence-corrected chi connectivity index (χ3v) is 4.11. The first-order valence-electron chi connectivity index (χ1n) is 6.86. The van der Waals surface area contributed by atoms with E-state index in [2.05, 4.69) is 72.1 Å². The molecule has 0 aliphatic heterocycles. The number of hydrogen-bond donors (Lipinski definition) is 0. The molecule has 1 aromatic carbocycles. The lowest BCUT2D eigenvalue weighted by Crippen LogP contribution is -2.33. The van der Waals surface area contributed by atoms with Crippen LogP contribution in [0.4, 0.5) is 0 Å². The summed E-state index contributed by atoms with van der Waals surface area (Å²) in [5, 5.41) is 9.83. The number of nitrogens with zero attached hydrogens (tertiary/aromatic N) is 3. The molecule has 0 atom stereocenters. The fourth-order valence-electron chi connectivity index (χ4n) is 2.19. The van der Waals surface area contributed by atoms with Gasteiger partial charge in [-0.2, -0.15) is 5.26 Å². The lowest BCUT2D eigenvalue weighted by Gasteiger charge is -2.30. The normalized spacial score (nSPS) is 11.9. The largest absolute Gasteiger partial charge is 0.309 e. The van der Waals surface area contributed by atoms with Gasteiger partial charge in [0.15, 0.2) is 0 Å². The molecule has 0 aliphatic carbocycles. The van der Waals surface area contributed by atoms with Crippen LogP contribution in [0, 0.1) is 11.3 Å². The van der Waals surface area contributed by atoms with Gasteiger partial charge in [-0.25, -0.2) is 0 Å². The smallest absolute Gasteiger partial charge is 0.0846 e. The molecule has 0 heterocycles. The molecule has 20 heavy (non-hydrogen) atoms. The van der Waals surface area contributed by atoms with Gasteiger partial charge in [0.25, 0.3) is 0 Å². The average Bonchev–Trinajstić information content (AvgIpc) is 2.40. The predicted molar refractivity (Wildman–Crippen MR) is 87.8 cm³/mol. The van der Waals surface area contributed by atoms with Crippen molar-refractivity contribution in [2.24, 2.45) is 0 Å². The highest BCUT2D eigenvalue weighted by Crippen LogP contribution is 2.32. The zero-order valence-electron chi connectivity index (χ0n) is 12.9. The third-order valence-electron chi connectivity index (χ3n) is 3.58. The molecule has 0 aliphatic rings. The summed E-state index contributed by atoms with van der Waals surface area (Å²) in [6.45, 7) is 1.83. The van der Waals surface area contributed by atoms with Crippen LogP contribution in [0.2, 0.25) is 0 Å². The van der Waals surface area contributed by atoms with Crippen molar-refractivity contribution < 1.29 is 0 Å². The van der Waals surface area contributed by atoms with E-state index in [9.17, 15) is 5.26 Å². The minimum atomic E-state index is -0.407. The van der Waals surface area contributed by atoms with Crippen molar-refractivity contribution in [2.75, 3.05) is 41.3 Å². The lowest BCUT2D eigenvalue weighted by atomic mass is 9.76. The Morgan fingerprint density at radius 1 is 1.00 bits per heavy atom. The van der Waals surface area contributed by atoms with Crippen LogP contribution in [0.1, 0.15) is 18.4 Å². The van der Waals surface area contributed by atoms with Crippen molar-refractivity contribution in [3.05, 3.63) is 34.3 Å². The van der Waals surface area contributed by atoms with Crippen LogP contribution in [0.25, 0.3) is 0 Å². The minimum absolute atomic E-state index is 0.407. The summed E-state index contributed by atoms with van der Waals surface area (Å²) < 4.78 is 1.05. The van der Waals surface area contributed by atoms with E-state index in [4.69, 9.17) is 0 Å². The van der Waals surface area contributed by atoms with Crippen molar-refractivity contribution >= 4 is 15.9 Å². The molecule has 110 valence electrons. The molecule has 0 fully saturated rings. The maximum absolute atomic E-state index is 9.83. The van der Waals surface area contributed by atoms with Crippen LogP contribution in [0.3, 0.4) is 0 Å². The van der Waals surface area contributed by atoms with Crippen molar-refractivity contribution in [2.45, 2.75) is 18.3 Å². The van der Waals surface area contributed by atoms with Crippen LogP contribution in [-0.2, 0) is 5.41 Å². The molecule has 0 bridgehead atoms. The van der Waals surface area contributed by atoms with E-state index in [0.717, 1.165) is 36.0 Å². The molecule has 0 amide bonds. The maximum Gasteiger partial charge on any atom is 0.0846 e. The molecular formula is C16H24BrN3. The molecule has 1 rings (SSSR count). The Labute approximate surface area is 131 Å². The van der Waals surface area contributed by atoms with Crippen LogP contribution >= 0.6 is 15.9 Å². The molecule has 0 saturated carbocycles. The third kappa shape index (κ3) is 4.90. The molecule has 3 nitrogen and oxygen atoms in total. The Hall–Kier alpha value is -0.890. The summed E-state index contributed by atoms with van der Waals surface area (Å²) in [5.74, 6) is 0. The Kier molecular flexibility index (Phi) is 6.67. The van der Waals surface area contributed by atoms with E-state index in [1.807, 2.05) is 12.1 Å². The Bertz CT molecular complexity index is 434. The minimum Gasteiger partial charge on any atom is -0.309 e. The molecular weight excluding hydrogens is 314 g/mol. The van der Waals surface area contributed by atoms with Gasteiger partial charge in [0.1, 0.15) is 0 Å². The predicted octanol–water partition coefficient (Wildman–Crippen LogP) is 3.11. The molecule has 0 unspecified atom stereocenters. The van der Waals surface area contributed by atoms with E-state index in [1.165, 1.54) is 0 Å². The van der Waals surface area contributed by atoms with Crippen LogP contribution in [0.15, 0.2) is 28.7 Å². The molecule has 4 heteroatoms. The van der Waals surface area contributed by atoms with Crippen molar-refractivity contribution in [1.82, 2.24) is 9.80 Å². The molecule has 0 aromatic heterocycles. The van der Waals surface area contributed by atoms with Gasteiger partial charge in [0.2, 0.25) is 0 Å². The second-order valence-electron chi connectivity index (χ2n) is 5.81. The number of benzene rings is 1.